The van der Waals surface area contributed by atoms with Crippen LogP contribution in [-0.4, -0.2) is 40.6 Å². The van der Waals surface area contributed by atoms with Crippen LogP contribution in [0.2, 0.25) is 0 Å². The highest BCUT2D eigenvalue weighted by molar-refractivity contribution is 7.89. The van der Waals surface area contributed by atoms with Gasteiger partial charge in [-0.3, -0.25) is 0 Å². The fraction of sp³-hybridized carbons (Fsp3) is 0.435. The van der Waals surface area contributed by atoms with Gasteiger partial charge < -0.3 is 15.4 Å². The Morgan fingerprint density at radius 3 is 2.45 bits per heavy atom. The van der Waals surface area contributed by atoms with Crippen molar-refractivity contribution in [3.63, 3.8) is 0 Å². The van der Waals surface area contributed by atoms with E-state index in [-0.39, 0.29) is 6.04 Å². The van der Waals surface area contributed by atoms with Crippen molar-refractivity contribution in [3.8, 4) is 5.75 Å². The molecule has 0 aliphatic heterocycles. The first kappa shape index (κ1) is 23.1. The molecule has 2 aromatic rings. The summed E-state index contributed by atoms with van der Waals surface area (Å²) < 4.78 is 32.6. The van der Waals surface area contributed by atoms with Crippen molar-refractivity contribution in [2.24, 2.45) is 4.99 Å². The summed E-state index contributed by atoms with van der Waals surface area (Å²) >= 11 is 0. The van der Waals surface area contributed by atoms with Crippen LogP contribution in [0.4, 0.5) is 0 Å². The minimum Gasteiger partial charge on any atom is -0.496 e. The Morgan fingerprint density at radius 1 is 1.10 bits per heavy atom. The van der Waals surface area contributed by atoms with Crippen molar-refractivity contribution in [2.75, 3.05) is 20.2 Å². The fourth-order valence-corrected chi connectivity index (χ4v) is 4.42. The van der Waals surface area contributed by atoms with Crippen molar-refractivity contribution in [1.29, 1.82) is 0 Å². The highest BCUT2D eigenvalue weighted by Gasteiger charge is 2.27. The quantitative estimate of drug-likeness (QED) is 0.387. The summed E-state index contributed by atoms with van der Waals surface area (Å²) in [6, 6.07) is 13.2. The second kappa shape index (κ2) is 10.6. The largest absolute Gasteiger partial charge is 0.496 e. The predicted octanol–water partition coefficient (Wildman–Crippen LogP) is 2.74. The molecule has 3 N–H and O–H groups in total. The minimum absolute atomic E-state index is 0.101. The van der Waals surface area contributed by atoms with Crippen LogP contribution in [0, 0.1) is 6.92 Å². The van der Waals surface area contributed by atoms with Gasteiger partial charge in [-0.25, -0.2) is 18.1 Å². The molecule has 0 unspecified atom stereocenters. The molecule has 2 aromatic carbocycles. The summed E-state index contributed by atoms with van der Waals surface area (Å²) in [5, 5.41) is 6.59. The molecule has 1 aliphatic rings. The Morgan fingerprint density at radius 2 is 1.81 bits per heavy atom. The molecule has 0 amide bonds. The van der Waals surface area contributed by atoms with Crippen molar-refractivity contribution in [3.05, 3.63) is 59.2 Å². The molecule has 7 nitrogen and oxygen atoms in total. The Kier molecular flexibility index (Phi) is 7.92. The van der Waals surface area contributed by atoms with Gasteiger partial charge in [0, 0.05) is 19.1 Å². The highest BCUT2D eigenvalue weighted by Crippen LogP contribution is 2.22. The van der Waals surface area contributed by atoms with Gasteiger partial charge in [0.2, 0.25) is 10.0 Å². The number of benzene rings is 2. The highest BCUT2D eigenvalue weighted by atomic mass is 32.2. The molecule has 1 aliphatic carbocycles. The first-order valence-corrected chi connectivity index (χ1v) is 12.2. The first-order chi connectivity index (χ1) is 14.9. The van der Waals surface area contributed by atoms with Crippen molar-refractivity contribution in [1.82, 2.24) is 15.4 Å². The average Bonchev–Trinajstić information content (AvgIpc) is 3.56. The maximum atomic E-state index is 12.3. The minimum atomic E-state index is -3.42. The topological polar surface area (TPSA) is 91.8 Å². The second-order valence-electron chi connectivity index (χ2n) is 7.72. The zero-order valence-corrected chi connectivity index (χ0v) is 19.3. The molecular formula is C23H32N4O3S. The van der Waals surface area contributed by atoms with Crippen molar-refractivity contribution < 1.29 is 13.2 Å². The van der Waals surface area contributed by atoms with Crippen molar-refractivity contribution in [2.45, 2.75) is 50.6 Å². The maximum absolute atomic E-state index is 12.3. The standard InChI is InChI=1S/C23H32N4O3S/c1-4-24-23(25-14-13-18-6-5-17(2)22(15-18)30-3)26-16-19-7-11-21(12-8-19)31(28,29)27-20-9-10-20/h5-8,11-12,15,20,27H,4,9-10,13-14,16H2,1-3H3,(H2,24,25,26). The number of methoxy groups -OCH3 is 1. The van der Waals surface area contributed by atoms with Gasteiger partial charge in [0.15, 0.2) is 5.96 Å². The van der Waals surface area contributed by atoms with E-state index in [1.807, 2.05) is 26.0 Å². The van der Waals surface area contributed by atoms with E-state index in [1.54, 1.807) is 19.2 Å². The van der Waals surface area contributed by atoms with Crippen molar-refractivity contribution >= 4 is 16.0 Å². The average molecular weight is 445 g/mol. The number of aryl methyl sites for hydroxylation is 1. The lowest BCUT2D eigenvalue weighted by Gasteiger charge is -2.12. The number of guanidine groups is 1. The van der Waals surface area contributed by atoms with Gasteiger partial charge in [0.05, 0.1) is 18.6 Å². The van der Waals surface area contributed by atoms with Crippen LogP contribution in [0.5, 0.6) is 5.75 Å². The van der Waals surface area contributed by atoms with Crippen LogP contribution >= 0.6 is 0 Å². The molecular weight excluding hydrogens is 412 g/mol. The fourth-order valence-electron chi connectivity index (χ4n) is 3.12. The van der Waals surface area contributed by atoms with Crippen LogP contribution in [-0.2, 0) is 23.0 Å². The van der Waals surface area contributed by atoms with Crippen LogP contribution in [0.3, 0.4) is 0 Å². The Balaban J connectivity index is 1.55. The zero-order valence-electron chi connectivity index (χ0n) is 18.4. The van der Waals surface area contributed by atoms with E-state index in [4.69, 9.17) is 4.74 Å². The third-order valence-corrected chi connectivity index (χ3v) is 6.61. The van der Waals surface area contributed by atoms with E-state index in [9.17, 15) is 8.42 Å². The maximum Gasteiger partial charge on any atom is 0.240 e. The van der Waals surface area contributed by atoms with E-state index in [0.29, 0.717) is 11.4 Å². The van der Waals surface area contributed by atoms with Crippen LogP contribution in [0.1, 0.15) is 36.5 Å². The number of rotatable bonds is 10. The molecule has 0 radical (unpaired) electrons. The molecule has 0 aromatic heterocycles. The SMILES string of the molecule is CCNC(=NCc1ccc(S(=O)(=O)NC2CC2)cc1)NCCc1ccc(C)c(OC)c1. The Bertz CT molecular complexity index is 1000. The lowest BCUT2D eigenvalue weighted by atomic mass is 10.1. The smallest absolute Gasteiger partial charge is 0.240 e. The van der Waals surface area contributed by atoms with E-state index < -0.39 is 10.0 Å². The molecule has 0 heterocycles. The van der Waals surface area contributed by atoms with Gasteiger partial charge >= 0.3 is 0 Å². The van der Waals surface area contributed by atoms with E-state index in [1.165, 1.54) is 5.56 Å². The monoisotopic (exact) mass is 444 g/mol. The number of sulfonamides is 1. The van der Waals surface area contributed by atoms with Crippen LogP contribution in [0.25, 0.3) is 0 Å². The van der Waals surface area contributed by atoms with Gasteiger partial charge in [0.25, 0.3) is 0 Å². The van der Waals surface area contributed by atoms with Crippen LogP contribution in [0.15, 0.2) is 52.4 Å². The van der Waals surface area contributed by atoms with Gasteiger partial charge in [-0.2, -0.15) is 0 Å². The number of ether oxygens (including phenoxy) is 1. The van der Waals surface area contributed by atoms with Crippen LogP contribution < -0.4 is 20.1 Å². The van der Waals surface area contributed by atoms with E-state index >= 15 is 0 Å². The molecule has 8 heteroatoms. The Labute approximate surface area is 185 Å². The third-order valence-electron chi connectivity index (χ3n) is 5.08. The number of nitrogens with zero attached hydrogens (tertiary/aromatic N) is 1. The van der Waals surface area contributed by atoms with E-state index in [0.717, 1.165) is 55.2 Å². The van der Waals surface area contributed by atoms with E-state index in [2.05, 4.69) is 38.5 Å². The van der Waals surface area contributed by atoms with Gasteiger partial charge in [0.1, 0.15) is 5.75 Å². The molecule has 31 heavy (non-hydrogen) atoms. The molecule has 3 rings (SSSR count). The molecule has 168 valence electrons. The summed E-state index contributed by atoms with van der Waals surface area (Å²) in [5.41, 5.74) is 3.27. The summed E-state index contributed by atoms with van der Waals surface area (Å²) in [6.07, 6.45) is 2.69. The third kappa shape index (κ3) is 6.97. The summed E-state index contributed by atoms with van der Waals surface area (Å²) in [6.45, 7) is 6.01. The molecule has 0 spiro atoms. The van der Waals surface area contributed by atoms with Gasteiger partial charge in [-0.05, 0) is 68.0 Å². The molecule has 0 bridgehead atoms. The summed E-state index contributed by atoms with van der Waals surface area (Å²) in [7, 11) is -1.73. The molecule has 1 fully saturated rings. The summed E-state index contributed by atoms with van der Waals surface area (Å²) in [5.74, 6) is 1.63. The van der Waals surface area contributed by atoms with Gasteiger partial charge in [-0.1, -0.05) is 24.3 Å². The lowest BCUT2D eigenvalue weighted by molar-refractivity contribution is 0.411. The Hall–Kier alpha value is -2.58. The lowest BCUT2D eigenvalue weighted by Crippen LogP contribution is -2.38. The number of aliphatic imine (C=N–C) groups is 1. The number of hydrogen-bond acceptors (Lipinski definition) is 4. The predicted molar refractivity (Wildman–Crippen MR) is 124 cm³/mol. The first-order valence-electron chi connectivity index (χ1n) is 10.7. The molecule has 1 saturated carbocycles. The zero-order chi connectivity index (χ0) is 22.3. The number of nitrogens with one attached hydrogen (secondary N) is 3. The normalized spacial score (nSPS) is 14.4. The molecule has 0 saturated heterocycles. The van der Waals surface area contributed by atoms with Gasteiger partial charge in [-0.15, -0.1) is 0 Å². The second-order valence-corrected chi connectivity index (χ2v) is 9.43. The summed E-state index contributed by atoms with van der Waals surface area (Å²) in [4.78, 5) is 4.91. The molecule has 0 atom stereocenters. The number of hydrogen-bond donors (Lipinski definition) is 3.